The van der Waals surface area contributed by atoms with Crippen molar-refractivity contribution in [2.75, 3.05) is 10.7 Å². The van der Waals surface area contributed by atoms with E-state index in [9.17, 15) is 0 Å². The molecule has 0 aliphatic carbocycles. The van der Waals surface area contributed by atoms with Gasteiger partial charge in [0.2, 0.25) is 0 Å². The molecular formula is C23H22N6S. The fraction of sp³-hybridized carbons (Fsp3) is 0.217. The van der Waals surface area contributed by atoms with Gasteiger partial charge in [-0.25, -0.2) is 15.0 Å². The van der Waals surface area contributed by atoms with E-state index in [0.717, 1.165) is 27.3 Å². The van der Waals surface area contributed by atoms with Crippen LogP contribution in [0.1, 0.15) is 11.1 Å². The van der Waals surface area contributed by atoms with Crippen LogP contribution in [-0.2, 0) is 7.05 Å². The quantitative estimate of drug-likeness (QED) is 0.380. The van der Waals surface area contributed by atoms with Gasteiger partial charge in [-0.05, 0) is 37.1 Å². The summed E-state index contributed by atoms with van der Waals surface area (Å²) in [6.07, 6.45) is 5.56. The van der Waals surface area contributed by atoms with E-state index in [2.05, 4.69) is 82.4 Å². The summed E-state index contributed by atoms with van der Waals surface area (Å²) in [6, 6.07) is 14.8. The number of hydrogen-bond donors (Lipinski definition) is 0. The Balaban J connectivity index is 1.56. The Kier molecular flexibility index (Phi) is 4.75. The lowest BCUT2D eigenvalue weighted by Crippen LogP contribution is -2.44. The molecule has 0 saturated heterocycles. The average Bonchev–Trinajstić information content (AvgIpc) is 3.14. The summed E-state index contributed by atoms with van der Waals surface area (Å²) in [7, 11) is 1.97. The van der Waals surface area contributed by atoms with Gasteiger partial charge in [0.25, 0.3) is 0 Å². The molecule has 0 fully saturated rings. The first kappa shape index (κ1) is 18.8. The van der Waals surface area contributed by atoms with E-state index in [-0.39, 0.29) is 6.17 Å². The molecule has 5 rings (SSSR count). The van der Waals surface area contributed by atoms with Crippen LogP contribution in [0, 0.1) is 13.8 Å². The minimum absolute atomic E-state index is 0.0383. The van der Waals surface area contributed by atoms with E-state index in [1.165, 1.54) is 22.0 Å². The van der Waals surface area contributed by atoms with Crippen LogP contribution in [0.4, 0.5) is 5.69 Å². The first-order valence-corrected chi connectivity index (χ1v) is 10.8. The molecule has 1 unspecified atom stereocenters. The second-order valence-corrected chi connectivity index (χ2v) is 8.47. The molecule has 0 N–H and O–H groups in total. The van der Waals surface area contributed by atoms with Crippen molar-refractivity contribution in [3.63, 3.8) is 0 Å². The van der Waals surface area contributed by atoms with E-state index < -0.39 is 0 Å². The molecule has 1 atom stereocenters. The monoisotopic (exact) mass is 414 g/mol. The molecule has 30 heavy (non-hydrogen) atoms. The van der Waals surface area contributed by atoms with Gasteiger partial charge >= 0.3 is 0 Å². The van der Waals surface area contributed by atoms with Gasteiger partial charge in [-0.15, -0.1) is 0 Å². The van der Waals surface area contributed by atoms with Crippen LogP contribution >= 0.6 is 11.8 Å². The maximum absolute atomic E-state index is 5.12. The molecule has 0 amide bonds. The minimum Gasteiger partial charge on any atom is -0.330 e. The van der Waals surface area contributed by atoms with Crippen LogP contribution < -0.4 is 15.5 Å². The van der Waals surface area contributed by atoms with Crippen LogP contribution in [0.25, 0.3) is 17.4 Å². The van der Waals surface area contributed by atoms with Gasteiger partial charge in [0.1, 0.15) is 23.0 Å². The molecular weight excluding hydrogens is 392 g/mol. The molecule has 2 aromatic heterocycles. The Morgan fingerprint density at radius 1 is 0.967 bits per heavy atom. The first-order chi connectivity index (χ1) is 14.6. The minimum atomic E-state index is -0.0383. The summed E-state index contributed by atoms with van der Waals surface area (Å²) >= 11 is 1.69. The molecule has 7 heteroatoms. The zero-order valence-electron chi connectivity index (χ0n) is 17.1. The number of rotatable bonds is 4. The third-order valence-electron chi connectivity index (χ3n) is 5.42. The molecule has 4 aromatic rings. The normalized spacial score (nSPS) is 15.6. The lowest BCUT2D eigenvalue weighted by molar-refractivity contribution is 0.736. The summed E-state index contributed by atoms with van der Waals surface area (Å²) < 4.78 is 1.97. The highest BCUT2D eigenvalue weighted by atomic mass is 32.2. The average molecular weight is 415 g/mol. The van der Waals surface area contributed by atoms with Gasteiger partial charge < -0.3 is 9.47 Å². The Bertz CT molecular complexity index is 1360. The van der Waals surface area contributed by atoms with E-state index in [4.69, 9.17) is 4.99 Å². The predicted molar refractivity (Wildman–Crippen MR) is 121 cm³/mol. The maximum atomic E-state index is 5.12. The van der Waals surface area contributed by atoms with Crippen LogP contribution in [-0.4, -0.2) is 31.4 Å². The van der Waals surface area contributed by atoms with Gasteiger partial charge in [-0.1, -0.05) is 42.1 Å². The van der Waals surface area contributed by atoms with Crippen molar-refractivity contribution in [1.29, 1.82) is 0 Å². The number of aryl methyl sites for hydroxylation is 3. The standard InChI is InChI=1S/C23H22N6S/c1-15-8-6-9-18-17(15)11-29(19-10-5-4-7-16(19)2)20(27-18)12-30-23-21-22(24-13-25-23)26-14-28(21)3/h4-11,13-14,20H,12H2,1-3H3. The van der Waals surface area contributed by atoms with E-state index in [0.29, 0.717) is 0 Å². The molecule has 150 valence electrons. The fourth-order valence-electron chi connectivity index (χ4n) is 3.81. The third-order valence-corrected chi connectivity index (χ3v) is 6.45. The lowest BCUT2D eigenvalue weighted by Gasteiger charge is -2.31. The number of anilines is 1. The molecule has 0 spiro atoms. The second-order valence-electron chi connectivity index (χ2n) is 7.46. The van der Waals surface area contributed by atoms with E-state index in [1.807, 2.05) is 11.6 Å². The lowest BCUT2D eigenvalue weighted by atomic mass is 10.1. The summed E-state index contributed by atoms with van der Waals surface area (Å²) in [5.41, 5.74) is 5.31. The summed E-state index contributed by atoms with van der Waals surface area (Å²) in [6.45, 7) is 4.28. The van der Waals surface area contributed by atoms with Crippen LogP contribution in [0.3, 0.4) is 0 Å². The van der Waals surface area contributed by atoms with Crippen molar-refractivity contribution in [2.45, 2.75) is 25.0 Å². The van der Waals surface area contributed by atoms with Gasteiger partial charge in [0, 0.05) is 29.9 Å². The second kappa shape index (κ2) is 7.57. The molecule has 2 aromatic carbocycles. The van der Waals surface area contributed by atoms with Crippen LogP contribution in [0.15, 0.2) is 65.1 Å². The predicted octanol–water partition coefficient (Wildman–Crippen LogP) is 2.98. The van der Waals surface area contributed by atoms with Crippen molar-refractivity contribution in [2.24, 2.45) is 12.0 Å². The van der Waals surface area contributed by atoms with E-state index in [1.54, 1.807) is 24.4 Å². The van der Waals surface area contributed by atoms with Crippen LogP contribution in [0.2, 0.25) is 0 Å². The van der Waals surface area contributed by atoms with Crippen molar-refractivity contribution in [3.05, 3.63) is 76.8 Å². The zero-order valence-corrected chi connectivity index (χ0v) is 18.0. The SMILES string of the molecule is Cc1ccccc1N1C=c2c(C)cccc2=NC1CSc1ncnc2ncn(C)c12. The van der Waals surface area contributed by atoms with Crippen molar-refractivity contribution >= 4 is 34.8 Å². The summed E-state index contributed by atoms with van der Waals surface area (Å²) in [5, 5.41) is 3.15. The molecule has 3 heterocycles. The highest BCUT2D eigenvalue weighted by Crippen LogP contribution is 2.29. The Morgan fingerprint density at radius 2 is 1.80 bits per heavy atom. The van der Waals surface area contributed by atoms with Crippen LogP contribution in [0.5, 0.6) is 0 Å². The van der Waals surface area contributed by atoms with Gasteiger partial charge in [-0.3, -0.25) is 4.99 Å². The molecule has 0 saturated carbocycles. The Morgan fingerprint density at radius 3 is 2.67 bits per heavy atom. The van der Waals surface area contributed by atoms with Gasteiger partial charge in [0.05, 0.1) is 11.7 Å². The molecule has 6 nitrogen and oxygen atoms in total. The molecule has 1 aliphatic rings. The molecule has 1 aliphatic heterocycles. The first-order valence-electron chi connectivity index (χ1n) is 9.86. The number of thioether (sulfide) groups is 1. The molecule has 0 radical (unpaired) electrons. The summed E-state index contributed by atoms with van der Waals surface area (Å²) in [4.78, 5) is 20.5. The number of imidazole rings is 1. The number of para-hydroxylation sites is 1. The largest absolute Gasteiger partial charge is 0.330 e. The zero-order chi connectivity index (χ0) is 20.7. The number of hydrogen-bond acceptors (Lipinski definition) is 6. The number of aromatic nitrogens is 4. The third kappa shape index (κ3) is 3.25. The van der Waals surface area contributed by atoms with E-state index >= 15 is 0 Å². The number of fused-ring (bicyclic) bond motifs is 2. The van der Waals surface area contributed by atoms with Gasteiger partial charge in [0.15, 0.2) is 5.65 Å². The van der Waals surface area contributed by atoms with Crippen molar-refractivity contribution in [1.82, 2.24) is 19.5 Å². The van der Waals surface area contributed by atoms with Crippen molar-refractivity contribution in [3.8, 4) is 0 Å². The fourth-order valence-corrected chi connectivity index (χ4v) is 4.85. The van der Waals surface area contributed by atoms with Crippen molar-refractivity contribution < 1.29 is 0 Å². The highest BCUT2D eigenvalue weighted by molar-refractivity contribution is 7.99. The Hall–Kier alpha value is -3.19. The smallest absolute Gasteiger partial charge is 0.181 e. The molecule has 0 bridgehead atoms. The number of benzene rings is 2. The maximum Gasteiger partial charge on any atom is 0.181 e. The topological polar surface area (TPSA) is 59.2 Å². The Labute approximate surface area is 179 Å². The highest BCUT2D eigenvalue weighted by Gasteiger charge is 2.22. The number of nitrogens with zero attached hydrogens (tertiary/aromatic N) is 6. The summed E-state index contributed by atoms with van der Waals surface area (Å²) in [5.74, 6) is 0.759. The van der Waals surface area contributed by atoms with Gasteiger partial charge in [-0.2, -0.15) is 0 Å².